The van der Waals surface area contributed by atoms with Gasteiger partial charge in [-0.15, -0.1) is 24.0 Å². The van der Waals surface area contributed by atoms with Gasteiger partial charge in [-0.1, -0.05) is 0 Å². The van der Waals surface area contributed by atoms with Gasteiger partial charge in [-0.2, -0.15) is 23.5 Å². The molecule has 1 fully saturated rings. The molecular weight excluding hydrogens is 389 g/mol. The molecule has 0 aromatic heterocycles. The van der Waals surface area contributed by atoms with Crippen molar-refractivity contribution in [2.45, 2.75) is 43.4 Å². The Labute approximate surface area is 143 Å². The lowest BCUT2D eigenvalue weighted by atomic mass is 10.2. The fourth-order valence-electron chi connectivity index (χ4n) is 2.25. The van der Waals surface area contributed by atoms with Crippen LogP contribution >= 0.6 is 47.5 Å². The third-order valence-corrected chi connectivity index (χ3v) is 5.14. The van der Waals surface area contributed by atoms with Gasteiger partial charge in [0.1, 0.15) is 0 Å². The number of halogens is 1. The molecule has 0 heterocycles. The third-order valence-electron chi connectivity index (χ3n) is 3.35. The topological polar surface area (TPSA) is 36.4 Å². The Morgan fingerprint density at radius 3 is 2.63 bits per heavy atom. The normalized spacial score (nSPS) is 23.0. The SMILES string of the molecule is CN=C(NCCCCSC)NC1CCC(SC)C1.I. The van der Waals surface area contributed by atoms with Crippen molar-refractivity contribution < 1.29 is 0 Å². The highest BCUT2D eigenvalue weighted by Crippen LogP contribution is 2.27. The molecule has 0 saturated heterocycles. The number of thioether (sulfide) groups is 2. The van der Waals surface area contributed by atoms with Gasteiger partial charge < -0.3 is 10.6 Å². The van der Waals surface area contributed by atoms with Gasteiger partial charge in [0.25, 0.3) is 0 Å². The molecule has 1 rings (SSSR count). The molecule has 0 amide bonds. The first kappa shape index (κ1) is 19.7. The van der Waals surface area contributed by atoms with Crippen LogP contribution < -0.4 is 10.6 Å². The molecule has 2 atom stereocenters. The quantitative estimate of drug-likeness (QED) is 0.289. The van der Waals surface area contributed by atoms with E-state index in [0.29, 0.717) is 6.04 Å². The van der Waals surface area contributed by atoms with Gasteiger partial charge in [-0.05, 0) is 50.4 Å². The first-order valence-corrected chi connectivity index (χ1v) is 9.47. The lowest BCUT2D eigenvalue weighted by Crippen LogP contribution is -2.42. The van der Waals surface area contributed by atoms with Crippen molar-refractivity contribution in [1.29, 1.82) is 0 Å². The Bertz CT molecular complexity index is 252. The van der Waals surface area contributed by atoms with Crippen LogP contribution in [0.5, 0.6) is 0 Å². The van der Waals surface area contributed by atoms with E-state index in [-0.39, 0.29) is 24.0 Å². The standard InChI is InChI=1S/C13H27N3S2.HI/c1-14-13(15-8-4-5-9-17-2)16-11-6-7-12(10-11)18-3;/h11-12H,4-10H2,1-3H3,(H2,14,15,16);1H. The molecule has 0 aliphatic heterocycles. The predicted molar refractivity (Wildman–Crippen MR) is 102 cm³/mol. The fraction of sp³-hybridized carbons (Fsp3) is 0.923. The van der Waals surface area contributed by atoms with Crippen LogP contribution in [0.2, 0.25) is 0 Å². The zero-order chi connectivity index (χ0) is 13.2. The second-order valence-corrected chi connectivity index (χ2v) is 6.83. The Morgan fingerprint density at radius 1 is 1.26 bits per heavy atom. The highest BCUT2D eigenvalue weighted by Gasteiger charge is 2.24. The zero-order valence-corrected chi connectivity index (χ0v) is 16.2. The molecule has 2 N–H and O–H groups in total. The highest BCUT2D eigenvalue weighted by atomic mass is 127. The first-order chi connectivity index (χ1) is 8.80. The van der Waals surface area contributed by atoms with Gasteiger partial charge in [0.2, 0.25) is 0 Å². The van der Waals surface area contributed by atoms with Crippen LogP contribution in [0, 0.1) is 0 Å². The van der Waals surface area contributed by atoms with Gasteiger partial charge in [0.15, 0.2) is 5.96 Å². The number of rotatable bonds is 7. The fourth-order valence-corrected chi connectivity index (χ4v) is 3.54. The maximum absolute atomic E-state index is 4.30. The van der Waals surface area contributed by atoms with Crippen LogP contribution in [0.25, 0.3) is 0 Å². The Balaban J connectivity index is 0.00000324. The summed E-state index contributed by atoms with van der Waals surface area (Å²) in [7, 11) is 1.86. The van der Waals surface area contributed by atoms with Crippen molar-refractivity contribution in [3.8, 4) is 0 Å². The minimum atomic E-state index is 0. The van der Waals surface area contributed by atoms with Crippen LogP contribution in [0.15, 0.2) is 4.99 Å². The van der Waals surface area contributed by atoms with Crippen molar-refractivity contribution in [3.63, 3.8) is 0 Å². The molecular formula is C13H28IN3S2. The van der Waals surface area contributed by atoms with E-state index in [0.717, 1.165) is 17.8 Å². The molecule has 1 aliphatic carbocycles. The number of unbranched alkanes of at least 4 members (excludes halogenated alkanes) is 1. The second kappa shape index (κ2) is 12.4. The summed E-state index contributed by atoms with van der Waals surface area (Å²) in [6.45, 7) is 1.03. The minimum Gasteiger partial charge on any atom is -0.356 e. The molecule has 114 valence electrons. The van der Waals surface area contributed by atoms with Crippen LogP contribution in [-0.4, -0.2) is 49.1 Å². The lowest BCUT2D eigenvalue weighted by Gasteiger charge is -2.17. The third kappa shape index (κ3) is 8.55. The lowest BCUT2D eigenvalue weighted by molar-refractivity contribution is 0.611. The van der Waals surface area contributed by atoms with Gasteiger partial charge in [-0.25, -0.2) is 0 Å². The van der Waals surface area contributed by atoms with E-state index >= 15 is 0 Å². The summed E-state index contributed by atoms with van der Waals surface area (Å²) < 4.78 is 0. The summed E-state index contributed by atoms with van der Waals surface area (Å²) in [6.07, 6.45) is 10.8. The number of aliphatic imine (C=N–C) groups is 1. The van der Waals surface area contributed by atoms with E-state index in [1.165, 1.54) is 37.9 Å². The van der Waals surface area contributed by atoms with Gasteiger partial charge in [-0.3, -0.25) is 4.99 Å². The molecule has 1 saturated carbocycles. The Morgan fingerprint density at radius 2 is 2.05 bits per heavy atom. The van der Waals surface area contributed by atoms with Crippen LogP contribution in [0.4, 0.5) is 0 Å². The van der Waals surface area contributed by atoms with Crippen LogP contribution in [0.3, 0.4) is 0 Å². The molecule has 0 spiro atoms. The molecule has 3 nitrogen and oxygen atoms in total. The molecule has 0 aromatic rings. The van der Waals surface area contributed by atoms with Crippen molar-refractivity contribution in [1.82, 2.24) is 10.6 Å². The van der Waals surface area contributed by atoms with Gasteiger partial charge in [0, 0.05) is 24.9 Å². The van der Waals surface area contributed by atoms with Crippen LogP contribution in [0.1, 0.15) is 32.1 Å². The van der Waals surface area contributed by atoms with E-state index in [1.54, 1.807) is 0 Å². The van der Waals surface area contributed by atoms with Gasteiger partial charge in [0.05, 0.1) is 0 Å². The summed E-state index contributed by atoms with van der Waals surface area (Å²) in [5.74, 6) is 2.23. The molecule has 2 unspecified atom stereocenters. The predicted octanol–water partition coefficient (Wildman–Crippen LogP) is 3.20. The summed E-state index contributed by atoms with van der Waals surface area (Å²) >= 11 is 3.91. The number of hydrogen-bond acceptors (Lipinski definition) is 3. The van der Waals surface area contributed by atoms with E-state index in [1.807, 2.05) is 30.6 Å². The van der Waals surface area contributed by atoms with Crippen LogP contribution in [-0.2, 0) is 0 Å². The molecule has 6 heteroatoms. The average molecular weight is 417 g/mol. The maximum Gasteiger partial charge on any atom is 0.191 e. The van der Waals surface area contributed by atoms with Crippen molar-refractivity contribution in [3.05, 3.63) is 0 Å². The summed E-state index contributed by atoms with van der Waals surface area (Å²) in [5.41, 5.74) is 0. The second-order valence-electron chi connectivity index (χ2n) is 4.71. The maximum atomic E-state index is 4.30. The number of hydrogen-bond donors (Lipinski definition) is 2. The van der Waals surface area contributed by atoms with E-state index in [4.69, 9.17) is 0 Å². The zero-order valence-electron chi connectivity index (χ0n) is 12.3. The van der Waals surface area contributed by atoms with E-state index in [9.17, 15) is 0 Å². The smallest absolute Gasteiger partial charge is 0.191 e. The molecule has 0 aromatic carbocycles. The number of nitrogens with one attached hydrogen (secondary N) is 2. The monoisotopic (exact) mass is 417 g/mol. The largest absolute Gasteiger partial charge is 0.356 e. The molecule has 1 aliphatic rings. The average Bonchev–Trinajstić information content (AvgIpc) is 2.84. The molecule has 19 heavy (non-hydrogen) atoms. The van der Waals surface area contributed by atoms with Crippen molar-refractivity contribution in [2.75, 3.05) is 31.9 Å². The summed E-state index contributed by atoms with van der Waals surface area (Å²) in [5, 5.41) is 7.79. The van der Waals surface area contributed by atoms with E-state index < -0.39 is 0 Å². The summed E-state index contributed by atoms with van der Waals surface area (Å²) in [4.78, 5) is 4.30. The van der Waals surface area contributed by atoms with Gasteiger partial charge >= 0.3 is 0 Å². The molecule has 0 bridgehead atoms. The number of nitrogens with zero attached hydrogens (tertiary/aromatic N) is 1. The van der Waals surface area contributed by atoms with Crippen molar-refractivity contribution in [2.24, 2.45) is 4.99 Å². The Hall–Kier alpha value is 0.700. The number of guanidine groups is 1. The molecule has 0 radical (unpaired) electrons. The summed E-state index contributed by atoms with van der Waals surface area (Å²) in [6, 6.07) is 0.611. The van der Waals surface area contributed by atoms with E-state index in [2.05, 4.69) is 28.1 Å². The first-order valence-electron chi connectivity index (χ1n) is 6.79. The highest BCUT2D eigenvalue weighted by molar-refractivity contribution is 14.0. The Kier molecular flexibility index (Phi) is 12.9. The van der Waals surface area contributed by atoms with Crippen molar-refractivity contribution >= 4 is 53.5 Å². The minimum absolute atomic E-state index is 0.